The van der Waals surface area contributed by atoms with E-state index in [0.717, 1.165) is 0 Å². The fourth-order valence-electron chi connectivity index (χ4n) is 1.22. The number of rotatable bonds is 6. The quantitative estimate of drug-likeness (QED) is 0.842. The van der Waals surface area contributed by atoms with E-state index in [4.69, 9.17) is 4.42 Å². The van der Waals surface area contributed by atoms with Gasteiger partial charge in [0.15, 0.2) is 10.4 Å². The molecule has 2 amide bonds. The summed E-state index contributed by atoms with van der Waals surface area (Å²) in [5.74, 6) is 0.260. The zero-order valence-electron chi connectivity index (χ0n) is 10.5. The molecular formula is C12H17BrN2O3. The molecule has 18 heavy (non-hydrogen) atoms. The van der Waals surface area contributed by atoms with E-state index < -0.39 is 0 Å². The van der Waals surface area contributed by atoms with E-state index in [1.165, 1.54) is 0 Å². The predicted molar refractivity (Wildman–Crippen MR) is 71.2 cm³/mol. The summed E-state index contributed by atoms with van der Waals surface area (Å²) in [4.78, 5) is 22.9. The average molecular weight is 317 g/mol. The summed E-state index contributed by atoms with van der Waals surface area (Å²) in [5, 5.41) is 5.40. The molecule has 100 valence electrons. The summed E-state index contributed by atoms with van der Waals surface area (Å²) in [6.45, 7) is 4.99. The molecule has 1 rings (SSSR count). The van der Waals surface area contributed by atoms with E-state index in [1.807, 2.05) is 13.8 Å². The molecule has 0 aliphatic rings. The van der Waals surface area contributed by atoms with Crippen LogP contribution < -0.4 is 10.6 Å². The maximum atomic E-state index is 11.5. The van der Waals surface area contributed by atoms with Crippen molar-refractivity contribution in [2.75, 3.05) is 13.1 Å². The highest BCUT2D eigenvalue weighted by Gasteiger charge is 2.10. The van der Waals surface area contributed by atoms with Crippen molar-refractivity contribution in [1.82, 2.24) is 10.6 Å². The molecular weight excluding hydrogens is 300 g/mol. The van der Waals surface area contributed by atoms with Crippen LogP contribution in [0.5, 0.6) is 0 Å². The molecule has 1 aromatic rings. The highest BCUT2D eigenvalue weighted by molar-refractivity contribution is 9.10. The first kappa shape index (κ1) is 14.8. The molecule has 0 unspecified atom stereocenters. The van der Waals surface area contributed by atoms with Gasteiger partial charge in [-0.3, -0.25) is 9.59 Å². The summed E-state index contributed by atoms with van der Waals surface area (Å²) in [6.07, 6.45) is 0.264. The highest BCUT2D eigenvalue weighted by atomic mass is 79.9. The van der Waals surface area contributed by atoms with Crippen LogP contribution in [0.25, 0.3) is 0 Å². The molecule has 0 saturated heterocycles. The normalized spacial score (nSPS) is 10.4. The third-order valence-electron chi connectivity index (χ3n) is 2.14. The van der Waals surface area contributed by atoms with Gasteiger partial charge in [-0.25, -0.2) is 0 Å². The SMILES string of the molecule is CC(C)CNC(=O)CCNC(=O)c1ccc(Br)o1. The zero-order chi connectivity index (χ0) is 13.5. The topological polar surface area (TPSA) is 71.3 Å². The largest absolute Gasteiger partial charge is 0.444 e. The van der Waals surface area contributed by atoms with Crippen LogP contribution in [0.15, 0.2) is 21.2 Å². The van der Waals surface area contributed by atoms with Gasteiger partial charge in [0.05, 0.1) is 0 Å². The van der Waals surface area contributed by atoms with Crippen molar-refractivity contribution < 1.29 is 14.0 Å². The molecule has 0 spiro atoms. The number of furan rings is 1. The lowest BCUT2D eigenvalue weighted by Crippen LogP contribution is -2.32. The Morgan fingerprint density at radius 1 is 1.33 bits per heavy atom. The number of nitrogens with one attached hydrogen (secondary N) is 2. The van der Waals surface area contributed by atoms with Crippen molar-refractivity contribution in [3.05, 3.63) is 22.6 Å². The summed E-state index contributed by atoms with van der Waals surface area (Å²) in [6, 6.07) is 3.21. The molecule has 0 fully saturated rings. The van der Waals surface area contributed by atoms with Crippen molar-refractivity contribution in [2.45, 2.75) is 20.3 Å². The predicted octanol–water partition coefficient (Wildman–Crippen LogP) is 1.93. The van der Waals surface area contributed by atoms with E-state index in [-0.39, 0.29) is 24.0 Å². The molecule has 0 aromatic carbocycles. The van der Waals surface area contributed by atoms with Crippen LogP contribution in [-0.4, -0.2) is 24.9 Å². The van der Waals surface area contributed by atoms with Crippen LogP contribution in [0.3, 0.4) is 0 Å². The second-order valence-corrected chi connectivity index (χ2v) is 5.09. The zero-order valence-corrected chi connectivity index (χ0v) is 12.0. The van der Waals surface area contributed by atoms with Gasteiger partial charge in [-0.05, 0) is 34.0 Å². The van der Waals surface area contributed by atoms with Crippen molar-refractivity contribution in [2.24, 2.45) is 5.92 Å². The summed E-state index contributed by atoms with van der Waals surface area (Å²) in [7, 11) is 0. The Morgan fingerprint density at radius 3 is 2.61 bits per heavy atom. The number of carbonyl (C=O) groups is 2. The first-order valence-corrected chi connectivity index (χ1v) is 6.58. The second-order valence-electron chi connectivity index (χ2n) is 4.31. The first-order chi connectivity index (χ1) is 8.49. The van der Waals surface area contributed by atoms with Crippen LogP contribution in [0.2, 0.25) is 0 Å². The number of halogens is 1. The van der Waals surface area contributed by atoms with Crippen molar-refractivity contribution in [1.29, 1.82) is 0 Å². The minimum atomic E-state index is -0.322. The molecule has 1 heterocycles. The van der Waals surface area contributed by atoms with Gasteiger partial charge in [-0.1, -0.05) is 13.8 Å². The van der Waals surface area contributed by atoms with Gasteiger partial charge in [-0.15, -0.1) is 0 Å². The third kappa shape index (κ3) is 5.35. The van der Waals surface area contributed by atoms with Gasteiger partial charge in [0.2, 0.25) is 5.91 Å². The lowest BCUT2D eigenvalue weighted by atomic mass is 10.2. The fourth-order valence-corrected chi connectivity index (χ4v) is 1.53. The van der Waals surface area contributed by atoms with Gasteiger partial charge in [0.25, 0.3) is 5.91 Å². The maximum Gasteiger partial charge on any atom is 0.287 e. The molecule has 1 aromatic heterocycles. The Balaban J connectivity index is 2.21. The summed E-state index contributed by atoms with van der Waals surface area (Å²) >= 11 is 3.12. The van der Waals surface area contributed by atoms with Crippen LogP contribution in [-0.2, 0) is 4.79 Å². The molecule has 6 heteroatoms. The number of hydrogen-bond acceptors (Lipinski definition) is 3. The molecule has 0 bridgehead atoms. The molecule has 0 saturated carbocycles. The number of carbonyl (C=O) groups excluding carboxylic acids is 2. The van der Waals surface area contributed by atoms with Crippen LogP contribution >= 0.6 is 15.9 Å². The lowest BCUT2D eigenvalue weighted by Gasteiger charge is -2.07. The molecule has 0 atom stereocenters. The fraction of sp³-hybridized carbons (Fsp3) is 0.500. The third-order valence-corrected chi connectivity index (χ3v) is 2.57. The molecule has 0 radical (unpaired) electrons. The van der Waals surface area contributed by atoms with Gasteiger partial charge in [-0.2, -0.15) is 0 Å². The smallest absolute Gasteiger partial charge is 0.287 e. The van der Waals surface area contributed by atoms with Crippen LogP contribution in [0.4, 0.5) is 0 Å². The first-order valence-electron chi connectivity index (χ1n) is 5.79. The van der Waals surface area contributed by atoms with Gasteiger partial charge >= 0.3 is 0 Å². The van der Waals surface area contributed by atoms with Crippen molar-refractivity contribution >= 4 is 27.7 Å². The van der Waals surface area contributed by atoms with E-state index in [0.29, 0.717) is 23.7 Å². The van der Waals surface area contributed by atoms with Crippen LogP contribution in [0, 0.1) is 5.92 Å². The van der Waals surface area contributed by atoms with E-state index in [2.05, 4.69) is 26.6 Å². The highest BCUT2D eigenvalue weighted by Crippen LogP contribution is 2.13. The Bertz CT molecular complexity index is 415. The summed E-state index contributed by atoms with van der Waals surface area (Å²) < 4.78 is 5.59. The van der Waals surface area contributed by atoms with Gasteiger partial charge < -0.3 is 15.1 Å². The minimum Gasteiger partial charge on any atom is -0.444 e. The Hall–Kier alpha value is -1.30. The molecule has 5 nitrogen and oxygen atoms in total. The summed E-state index contributed by atoms with van der Waals surface area (Å²) in [5.41, 5.74) is 0. The van der Waals surface area contributed by atoms with Crippen molar-refractivity contribution in [3.8, 4) is 0 Å². The molecule has 0 aliphatic heterocycles. The Morgan fingerprint density at radius 2 is 2.06 bits per heavy atom. The lowest BCUT2D eigenvalue weighted by molar-refractivity contribution is -0.121. The average Bonchev–Trinajstić information content (AvgIpc) is 2.73. The van der Waals surface area contributed by atoms with E-state index in [9.17, 15) is 9.59 Å². The minimum absolute atomic E-state index is 0.0652. The Labute approximate surface area is 114 Å². The second kappa shape index (κ2) is 7.20. The van der Waals surface area contributed by atoms with Gasteiger partial charge in [0, 0.05) is 19.5 Å². The Kier molecular flexibility index (Phi) is 5.91. The monoisotopic (exact) mass is 316 g/mol. The standard InChI is InChI=1S/C12H17BrN2O3/c1-8(2)7-15-11(16)5-6-14-12(17)9-3-4-10(13)18-9/h3-4,8H,5-7H2,1-2H3,(H,14,17)(H,15,16). The molecule has 0 aliphatic carbocycles. The molecule has 2 N–H and O–H groups in total. The van der Waals surface area contributed by atoms with Gasteiger partial charge in [0.1, 0.15) is 0 Å². The van der Waals surface area contributed by atoms with Crippen molar-refractivity contribution in [3.63, 3.8) is 0 Å². The van der Waals surface area contributed by atoms with E-state index in [1.54, 1.807) is 12.1 Å². The van der Waals surface area contributed by atoms with Crippen LogP contribution in [0.1, 0.15) is 30.8 Å². The number of amides is 2. The maximum absolute atomic E-state index is 11.5. The number of hydrogen-bond donors (Lipinski definition) is 2. The van der Waals surface area contributed by atoms with E-state index >= 15 is 0 Å².